The van der Waals surface area contributed by atoms with Gasteiger partial charge in [0.2, 0.25) is 10.0 Å². The fourth-order valence-corrected chi connectivity index (χ4v) is 4.18. The molecular weight excluding hydrogens is 284 g/mol. The van der Waals surface area contributed by atoms with E-state index in [0.29, 0.717) is 11.4 Å². The van der Waals surface area contributed by atoms with Gasteiger partial charge >= 0.3 is 0 Å². The van der Waals surface area contributed by atoms with Crippen molar-refractivity contribution in [2.45, 2.75) is 57.5 Å². The molecule has 0 unspecified atom stereocenters. The fourth-order valence-electron chi connectivity index (χ4n) is 2.46. The number of nitrogens with one attached hydrogen (secondary N) is 1. The Morgan fingerprint density at radius 2 is 1.76 bits per heavy atom. The minimum absolute atomic E-state index is 0.0478. The van der Waals surface area contributed by atoms with Crippen molar-refractivity contribution < 1.29 is 8.42 Å². The monoisotopic (exact) mass is 312 g/mol. The molecule has 1 rings (SSSR count). The first kappa shape index (κ1) is 18.1. The highest BCUT2D eigenvalue weighted by molar-refractivity contribution is 7.89. The minimum atomic E-state index is -3.44. The third kappa shape index (κ3) is 4.53. The van der Waals surface area contributed by atoms with Gasteiger partial charge in [-0.2, -0.15) is 4.31 Å². The van der Waals surface area contributed by atoms with Gasteiger partial charge in [0.15, 0.2) is 0 Å². The van der Waals surface area contributed by atoms with E-state index in [1.54, 1.807) is 19.2 Å². The van der Waals surface area contributed by atoms with E-state index >= 15 is 0 Å². The molecule has 1 N–H and O–H groups in total. The van der Waals surface area contributed by atoms with Gasteiger partial charge in [-0.05, 0) is 37.4 Å². The second kappa shape index (κ2) is 8.51. The Morgan fingerprint density at radius 3 is 2.33 bits per heavy atom. The van der Waals surface area contributed by atoms with Gasteiger partial charge in [0.25, 0.3) is 0 Å². The molecule has 0 saturated carbocycles. The number of hydrogen-bond acceptors (Lipinski definition) is 3. The second-order valence-corrected chi connectivity index (χ2v) is 7.24. The van der Waals surface area contributed by atoms with Gasteiger partial charge in [0.05, 0.1) is 4.90 Å². The number of sulfonamides is 1. The average Bonchev–Trinajstić information content (AvgIpc) is 2.49. The molecule has 0 aliphatic rings. The first-order valence-electron chi connectivity index (χ1n) is 7.75. The Kier molecular flexibility index (Phi) is 7.35. The zero-order valence-corrected chi connectivity index (χ0v) is 14.4. The molecule has 0 fully saturated rings. The standard InChI is InChI=1S/C16H28N2O2S/c1-5-12-17-13-14-10-8-9-11-16(14)21(19,20)18(4)15(6-2)7-3/h8-11,15,17H,5-7,12-13H2,1-4H3. The SMILES string of the molecule is CCCNCc1ccccc1S(=O)(=O)N(C)C(CC)CC. The number of nitrogens with zero attached hydrogens (tertiary/aromatic N) is 1. The topological polar surface area (TPSA) is 49.4 Å². The molecule has 0 spiro atoms. The van der Waals surface area contributed by atoms with Gasteiger partial charge in [-0.1, -0.05) is 39.0 Å². The van der Waals surface area contributed by atoms with E-state index in [2.05, 4.69) is 12.2 Å². The van der Waals surface area contributed by atoms with Crippen molar-refractivity contribution in [1.29, 1.82) is 0 Å². The van der Waals surface area contributed by atoms with E-state index in [9.17, 15) is 8.42 Å². The van der Waals surface area contributed by atoms with E-state index in [1.807, 2.05) is 26.0 Å². The van der Waals surface area contributed by atoms with Gasteiger partial charge in [-0.15, -0.1) is 0 Å². The summed E-state index contributed by atoms with van der Waals surface area (Å²) < 4.78 is 27.2. The molecule has 21 heavy (non-hydrogen) atoms. The lowest BCUT2D eigenvalue weighted by Crippen LogP contribution is -2.36. The Bertz CT molecular complexity index is 525. The lowest BCUT2D eigenvalue weighted by atomic mass is 10.2. The Morgan fingerprint density at radius 1 is 1.14 bits per heavy atom. The molecule has 4 nitrogen and oxygen atoms in total. The Hall–Kier alpha value is -0.910. The molecule has 0 aliphatic heterocycles. The van der Waals surface area contributed by atoms with Crippen molar-refractivity contribution in [2.24, 2.45) is 0 Å². The minimum Gasteiger partial charge on any atom is -0.313 e. The molecule has 1 aromatic carbocycles. The third-order valence-electron chi connectivity index (χ3n) is 3.83. The third-order valence-corrected chi connectivity index (χ3v) is 5.84. The number of rotatable bonds is 9. The van der Waals surface area contributed by atoms with Crippen molar-refractivity contribution in [3.63, 3.8) is 0 Å². The molecule has 0 aliphatic carbocycles. The first-order valence-corrected chi connectivity index (χ1v) is 9.19. The van der Waals surface area contributed by atoms with Gasteiger partial charge in [-0.3, -0.25) is 0 Å². The molecule has 1 aromatic rings. The molecule has 0 saturated heterocycles. The summed E-state index contributed by atoms with van der Waals surface area (Å²) in [5.41, 5.74) is 0.837. The Balaban J connectivity index is 3.07. The van der Waals surface area contributed by atoms with Crippen LogP contribution in [0.4, 0.5) is 0 Å². The lowest BCUT2D eigenvalue weighted by Gasteiger charge is -2.26. The highest BCUT2D eigenvalue weighted by Crippen LogP contribution is 2.22. The maximum atomic E-state index is 12.8. The predicted molar refractivity (Wildman–Crippen MR) is 87.8 cm³/mol. The van der Waals surface area contributed by atoms with E-state index in [4.69, 9.17) is 0 Å². The van der Waals surface area contributed by atoms with Crippen LogP contribution in [0.15, 0.2) is 29.2 Å². The number of benzene rings is 1. The van der Waals surface area contributed by atoms with E-state index in [0.717, 1.165) is 31.4 Å². The summed E-state index contributed by atoms with van der Waals surface area (Å²) in [6, 6.07) is 7.32. The van der Waals surface area contributed by atoms with E-state index < -0.39 is 10.0 Å². The van der Waals surface area contributed by atoms with Gasteiger partial charge in [0.1, 0.15) is 0 Å². The zero-order chi connectivity index (χ0) is 15.9. The summed E-state index contributed by atoms with van der Waals surface area (Å²) in [6.45, 7) is 7.61. The Labute approximate surface area is 129 Å². The van der Waals surface area contributed by atoms with Crippen molar-refractivity contribution >= 4 is 10.0 Å². The zero-order valence-electron chi connectivity index (χ0n) is 13.6. The van der Waals surface area contributed by atoms with Crippen LogP contribution >= 0.6 is 0 Å². The van der Waals surface area contributed by atoms with Crippen LogP contribution in [0, 0.1) is 0 Å². The molecule has 120 valence electrons. The smallest absolute Gasteiger partial charge is 0.243 e. The molecule has 0 bridgehead atoms. The summed E-state index contributed by atoms with van der Waals surface area (Å²) in [6.07, 6.45) is 2.67. The largest absolute Gasteiger partial charge is 0.313 e. The van der Waals surface area contributed by atoms with Crippen LogP contribution in [-0.4, -0.2) is 32.4 Å². The maximum absolute atomic E-state index is 12.8. The second-order valence-electron chi connectivity index (χ2n) is 5.28. The van der Waals surface area contributed by atoms with Gasteiger partial charge < -0.3 is 5.32 Å². The molecule has 0 heterocycles. The van der Waals surface area contributed by atoms with Crippen LogP contribution in [0.5, 0.6) is 0 Å². The van der Waals surface area contributed by atoms with Crippen LogP contribution in [0.3, 0.4) is 0 Å². The van der Waals surface area contributed by atoms with Crippen LogP contribution in [0.25, 0.3) is 0 Å². The first-order chi connectivity index (χ1) is 9.98. The molecule has 0 atom stereocenters. The summed E-state index contributed by atoms with van der Waals surface area (Å²) in [4.78, 5) is 0.419. The molecule has 0 radical (unpaired) electrons. The lowest BCUT2D eigenvalue weighted by molar-refractivity contribution is 0.349. The van der Waals surface area contributed by atoms with E-state index in [1.165, 1.54) is 4.31 Å². The van der Waals surface area contributed by atoms with E-state index in [-0.39, 0.29) is 6.04 Å². The summed E-state index contributed by atoms with van der Waals surface area (Å²) in [7, 11) is -1.75. The fraction of sp³-hybridized carbons (Fsp3) is 0.625. The summed E-state index contributed by atoms with van der Waals surface area (Å²) in [5, 5.41) is 3.28. The van der Waals surface area contributed by atoms with Crippen molar-refractivity contribution in [3.8, 4) is 0 Å². The highest BCUT2D eigenvalue weighted by Gasteiger charge is 2.27. The maximum Gasteiger partial charge on any atom is 0.243 e. The number of hydrogen-bond donors (Lipinski definition) is 1. The predicted octanol–water partition coefficient (Wildman–Crippen LogP) is 3.00. The quantitative estimate of drug-likeness (QED) is 0.713. The molecule has 0 aromatic heterocycles. The van der Waals surface area contributed by atoms with Crippen molar-refractivity contribution in [1.82, 2.24) is 9.62 Å². The van der Waals surface area contributed by atoms with Crippen LogP contribution in [-0.2, 0) is 16.6 Å². The van der Waals surface area contributed by atoms with Crippen LogP contribution in [0.2, 0.25) is 0 Å². The van der Waals surface area contributed by atoms with Gasteiger partial charge in [0, 0.05) is 19.6 Å². The molecule has 0 amide bonds. The van der Waals surface area contributed by atoms with Crippen molar-refractivity contribution in [2.75, 3.05) is 13.6 Å². The normalized spacial score (nSPS) is 12.3. The average molecular weight is 312 g/mol. The molecular formula is C16H28N2O2S. The summed E-state index contributed by atoms with van der Waals surface area (Å²) in [5.74, 6) is 0. The van der Waals surface area contributed by atoms with Crippen molar-refractivity contribution in [3.05, 3.63) is 29.8 Å². The molecule has 5 heteroatoms. The van der Waals surface area contributed by atoms with Crippen LogP contribution in [0.1, 0.15) is 45.6 Å². The summed E-state index contributed by atoms with van der Waals surface area (Å²) >= 11 is 0. The van der Waals surface area contributed by atoms with Crippen LogP contribution < -0.4 is 5.32 Å². The van der Waals surface area contributed by atoms with Gasteiger partial charge in [-0.25, -0.2) is 8.42 Å². The highest BCUT2D eigenvalue weighted by atomic mass is 32.2.